The Labute approximate surface area is 119 Å². The fraction of sp³-hybridized carbons (Fsp3) is 0.294. The number of halogens is 1. The van der Waals surface area contributed by atoms with Crippen molar-refractivity contribution in [3.05, 3.63) is 68.7 Å². The molecule has 0 heterocycles. The zero-order valence-electron chi connectivity index (χ0n) is 11.8. The Bertz CT molecular complexity index is 597. The Morgan fingerprint density at radius 2 is 1.47 bits per heavy atom. The predicted molar refractivity (Wildman–Crippen MR) is 80.9 cm³/mol. The highest BCUT2D eigenvalue weighted by molar-refractivity contribution is 6.30. The molecular weight excluding hydrogens is 256 g/mol. The van der Waals surface area contributed by atoms with Crippen LogP contribution in [0, 0.1) is 27.7 Å². The first-order chi connectivity index (χ1) is 8.88. The van der Waals surface area contributed by atoms with E-state index in [-0.39, 0.29) is 0 Å². The fourth-order valence-electron chi connectivity index (χ4n) is 2.38. The van der Waals surface area contributed by atoms with Crippen LogP contribution in [0.4, 0.5) is 0 Å². The molecule has 0 amide bonds. The van der Waals surface area contributed by atoms with Gasteiger partial charge in [0.05, 0.1) is 0 Å². The SMILES string of the molecule is Cc1cc(Cl)cc(C(O)c2cc(C)c(C)cc2C)c1. The molecule has 1 unspecified atom stereocenters. The molecule has 0 fully saturated rings. The van der Waals surface area contributed by atoms with E-state index in [4.69, 9.17) is 11.6 Å². The molecule has 2 aromatic rings. The molecule has 100 valence electrons. The van der Waals surface area contributed by atoms with E-state index in [1.165, 1.54) is 11.1 Å². The molecule has 0 aliphatic rings. The molecule has 2 rings (SSSR count). The summed E-state index contributed by atoms with van der Waals surface area (Å²) in [5, 5.41) is 11.2. The van der Waals surface area contributed by atoms with Crippen molar-refractivity contribution in [2.45, 2.75) is 33.8 Å². The summed E-state index contributed by atoms with van der Waals surface area (Å²) in [6.07, 6.45) is -0.628. The second-order valence-electron chi connectivity index (χ2n) is 5.26. The Morgan fingerprint density at radius 1 is 0.842 bits per heavy atom. The van der Waals surface area contributed by atoms with E-state index in [0.717, 1.165) is 22.3 Å². The lowest BCUT2D eigenvalue weighted by Gasteiger charge is -2.17. The molecule has 1 N–H and O–H groups in total. The Balaban J connectivity index is 2.49. The van der Waals surface area contributed by atoms with Gasteiger partial charge in [0.25, 0.3) is 0 Å². The highest BCUT2D eigenvalue weighted by Gasteiger charge is 2.15. The molecule has 1 atom stereocenters. The summed E-state index contributed by atoms with van der Waals surface area (Å²) in [6.45, 7) is 8.16. The second kappa shape index (κ2) is 5.36. The van der Waals surface area contributed by atoms with Gasteiger partial charge in [-0.05, 0) is 73.2 Å². The molecule has 0 saturated heterocycles. The quantitative estimate of drug-likeness (QED) is 0.845. The number of benzene rings is 2. The number of aliphatic hydroxyl groups is 1. The maximum absolute atomic E-state index is 10.6. The number of aryl methyl sites for hydroxylation is 4. The minimum atomic E-state index is -0.628. The lowest BCUT2D eigenvalue weighted by molar-refractivity contribution is 0.219. The highest BCUT2D eigenvalue weighted by atomic mass is 35.5. The zero-order valence-corrected chi connectivity index (χ0v) is 12.5. The van der Waals surface area contributed by atoms with Crippen LogP contribution in [-0.4, -0.2) is 5.11 Å². The summed E-state index contributed by atoms with van der Waals surface area (Å²) in [5.41, 5.74) is 6.39. The molecule has 0 spiro atoms. The average molecular weight is 275 g/mol. The molecule has 0 aliphatic heterocycles. The number of hydrogen-bond acceptors (Lipinski definition) is 1. The van der Waals surface area contributed by atoms with Crippen molar-refractivity contribution in [1.82, 2.24) is 0 Å². The summed E-state index contributed by atoms with van der Waals surface area (Å²) in [5.74, 6) is 0. The van der Waals surface area contributed by atoms with E-state index in [1.807, 2.05) is 32.0 Å². The molecule has 0 radical (unpaired) electrons. The Morgan fingerprint density at radius 3 is 2.11 bits per heavy atom. The molecular formula is C17H19ClO. The van der Waals surface area contributed by atoms with Gasteiger partial charge >= 0.3 is 0 Å². The van der Waals surface area contributed by atoms with Crippen LogP contribution in [0.15, 0.2) is 30.3 Å². The first-order valence-corrected chi connectivity index (χ1v) is 6.79. The van der Waals surface area contributed by atoms with Gasteiger partial charge in [0.1, 0.15) is 6.10 Å². The van der Waals surface area contributed by atoms with Crippen LogP contribution in [0.5, 0.6) is 0 Å². The van der Waals surface area contributed by atoms with Gasteiger partial charge in [0, 0.05) is 5.02 Å². The summed E-state index contributed by atoms with van der Waals surface area (Å²) < 4.78 is 0. The molecule has 0 aliphatic carbocycles. The minimum absolute atomic E-state index is 0.628. The zero-order chi connectivity index (χ0) is 14.2. The number of hydrogen-bond donors (Lipinski definition) is 1. The Kier molecular flexibility index (Phi) is 3.98. The fourth-order valence-corrected chi connectivity index (χ4v) is 2.68. The maximum Gasteiger partial charge on any atom is 0.104 e. The first kappa shape index (κ1) is 14.1. The van der Waals surface area contributed by atoms with Crippen molar-refractivity contribution >= 4 is 11.6 Å². The normalized spacial score (nSPS) is 12.5. The molecule has 0 bridgehead atoms. The largest absolute Gasteiger partial charge is 0.384 e. The van der Waals surface area contributed by atoms with Gasteiger partial charge in [-0.15, -0.1) is 0 Å². The van der Waals surface area contributed by atoms with E-state index >= 15 is 0 Å². The second-order valence-corrected chi connectivity index (χ2v) is 5.69. The van der Waals surface area contributed by atoms with Gasteiger partial charge < -0.3 is 5.11 Å². The van der Waals surface area contributed by atoms with Crippen molar-refractivity contribution in [3.8, 4) is 0 Å². The van der Waals surface area contributed by atoms with Crippen LogP contribution >= 0.6 is 11.6 Å². The molecule has 19 heavy (non-hydrogen) atoms. The predicted octanol–water partition coefficient (Wildman–Crippen LogP) is 4.66. The van der Waals surface area contributed by atoms with Crippen molar-refractivity contribution in [2.75, 3.05) is 0 Å². The van der Waals surface area contributed by atoms with Crippen molar-refractivity contribution in [3.63, 3.8) is 0 Å². The van der Waals surface area contributed by atoms with Crippen LogP contribution < -0.4 is 0 Å². The maximum atomic E-state index is 10.6. The van der Waals surface area contributed by atoms with Crippen molar-refractivity contribution in [2.24, 2.45) is 0 Å². The van der Waals surface area contributed by atoms with Crippen LogP contribution in [0.2, 0.25) is 5.02 Å². The third kappa shape index (κ3) is 2.99. The molecule has 2 heteroatoms. The van der Waals surface area contributed by atoms with E-state index < -0.39 is 6.10 Å². The number of rotatable bonds is 2. The summed E-state index contributed by atoms with van der Waals surface area (Å²) in [7, 11) is 0. The summed E-state index contributed by atoms with van der Waals surface area (Å²) in [4.78, 5) is 0. The lowest BCUT2D eigenvalue weighted by atomic mass is 9.93. The first-order valence-electron chi connectivity index (χ1n) is 6.41. The standard InChI is InChI=1S/C17H19ClO/c1-10-5-14(9-15(18)6-10)17(19)16-8-12(3)11(2)7-13(16)4/h5-9,17,19H,1-4H3. The van der Waals surface area contributed by atoms with E-state index in [0.29, 0.717) is 5.02 Å². The van der Waals surface area contributed by atoms with Gasteiger partial charge in [-0.3, -0.25) is 0 Å². The van der Waals surface area contributed by atoms with Gasteiger partial charge in [0.15, 0.2) is 0 Å². The summed E-state index contributed by atoms with van der Waals surface area (Å²) >= 11 is 6.07. The number of aliphatic hydroxyl groups excluding tert-OH is 1. The molecule has 2 aromatic carbocycles. The van der Waals surface area contributed by atoms with Gasteiger partial charge in [-0.2, -0.15) is 0 Å². The molecule has 0 saturated carbocycles. The van der Waals surface area contributed by atoms with Crippen LogP contribution in [0.3, 0.4) is 0 Å². The van der Waals surface area contributed by atoms with Crippen LogP contribution in [-0.2, 0) is 0 Å². The van der Waals surface area contributed by atoms with Gasteiger partial charge in [-0.1, -0.05) is 29.8 Å². The smallest absolute Gasteiger partial charge is 0.104 e. The van der Waals surface area contributed by atoms with Crippen LogP contribution in [0.25, 0.3) is 0 Å². The van der Waals surface area contributed by atoms with Gasteiger partial charge in [-0.25, -0.2) is 0 Å². The van der Waals surface area contributed by atoms with E-state index in [1.54, 1.807) is 0 Å². The summed E-state index contributed by atoms with van der Waals surface area (Å²) in [6, 6.07) is 9.88. The van der Waals surface area contributed by atoms with Crippen molar-refractivity contribution < 1.29 is 5.11 Å². The molecule has 0 aromatic heterocycles. The monoisotopic (exact) mass is 274 g/mol. The van der Waals surface area contributed by atoms with Crippen LogP contribution in [0.1, 0.15) is 39.5 Å². The minimum Gasteiger partial charge on any atom is -0.384 e. The van der Waals surface area contributed by atoms with Gasteiger partial charge in [0.2, 0.25) is 0 Å². The highest BCUT2D eigenvalue weighted by Crippen LogP contribution is 2.29. The third-order valence-corrected chi connectivity index (χ3v) is 3.78. The topological polar surface area (TPSA) is 20.2 Å². The van der Waals surface area contributed by atoms with E-state index in [9.17, 15) is 5.11 Å². The molecule has 1 nitrogen and oxygen atoms in total. The average Bonchev–Trinajstić information content (AvgIpc) is 2.31. The van der Waals surface area contributed by atoms with Crippen molar-refractivity contribution in [1.29, 1.82) is 0 Å². The Hall–Kier alpha value is -1.31. The third-order valence-electron chi connectivity index (χ3n) is 3.56. The lowest BCUT2D eigenvalue weighted by Crippen LogP contribution is -2.04. The van der Waals surface area contributed by atoms with E-state index in [2.05, 4.69) is 26.0 Å².